The van der Waals surface area contributed by atoms with E-state index >= 15 is 0 Å². The van der Waals surface area contributed by atoms with Crippen molar-refractivity contribution in [3.63, 3.8) is 0 Å². The van der Waals surface area contributed by atoms with Crippen LogP contribution in [0.4, 0.5) is 0 Å². The minimum absolute atomic E-state index is 0. The Morgan fingerprint density at radius 1 is 0.621 bits per heavy atom. The van der Waals surface area contributed by atoms with Crippen LogP contribution in [0.2, 0.25) is 0 Å². The minimum Gasteiger partial charge on any atom is -1.00 e. The third-order valence-corrected chi connectivity index (χ3v) is 5.73. The lowest BCUT2D eigenvalue weighted by molar-refractivity contribution is -0.594. The summed E-state index contributed by atoms with van der Waals surface area (Å²) in [7, 11) is 0. The highest BCUT2D eigenvalue weighted by Crippen LogP contribution is 2.36. The zero-order valence-electron chi connectivity index (χ0n) is 15.5. The summed E-state index contributed by atoms with van der Waals surface area (Å²) >= 11 is 0. The zero-order chi connectivity index (χ0) is 18.7. The molecule has 0 spiro atoms. The third-order valence-electron chi connectivity index (χ3n) is 5.73. The number of carbonyl (C=O) groups is 1. The fraction of sp³-hybridized carbons (Fsp3) is 0. The highest BCUT2D eigenvalue weighted by Gasteiger charge is 2.20. The van der Waals surface area contributed by atoms with E-state index < -0.39 is 0 Å². The maximum atomic E-state index is 11.9. The molecule has 1 aromatic heterocycles. The van der Waals surface area contributed by atoms with Crippen molar-refractivity contribution in [2.75, 3.05) is 0 Å². The summed E-state index contributed by atoms with van der Waals surface area (Å²) < 4.78 is 2.02. The number of halogens is 1. The molecule has 0 aliphatic carbocycles. The highest BCUT2D eigenvalue weighted by atomic mass is 79.9. The summed E-state index contributed by atoms with van der Waals surface area (Å²) in [6, 6.07) is 29.5. The largest absolute Gasteiger partial charge is 1.00 e. The standard InChI is InChI=1S/C26H16NO.BrH/c28-16-22-14-20-4-1-2-5-21(20)15-27(22)24-13-11-19-9-8-17-6-3-7-18-10-12-23(24)26(19)25(17)18;/h1-16H;1H/q+1;/p-1. The minimum atomic E-state index is 0. The number of benzene rings is 5. The number of aldehydes is 1. The lowest BCUT2D eigenvalue weighted by Crippen LogP contribution is -3.00. The van der Waals surface area contributed by atoms with Crippen LogP contribution in [0.3, 0.4) is 0 Å². The molecule has 3 heteroatoms. The van der Waals surface area contributed by atoms with Crippen molar-refractivity contribution in [2.24, 2.45) is 0 Å². The summed E-state index contributed by atoms with van der Waals surface area (Å²) in [6.45, 7) is 0. The van der Waals surface area contributed by atoms with Gasteiger partial charge in [0.2, 0.25) is 12.0 Å². The third kappa shape index (κ3) is 2.55. The molecule has 0 aliphatic rings. The number of nitrogens with zero attached hydrogens (tertiary/aromatic N) is 1. The van der Waals surface area contributed by atoms with Crippen LogP contribution in [0.25, 0.3) is 48.8 Å². The lowest BCUT2D eigenvalue weighted by Gasteiger charge is -2.12. The Hall–Kier alpha value is -3.30. The number of hydrogen-bond donors (Lipinski definition) is 0. The molecule has 0 saturated carbocycles. The van der Waals surface area contributed by atoms with E-state index in [2.05, 4.69) is 66.9 Å². The second kappa shape index (κ2) is 6.64. The van der Waals surface area contributed by atoms with Gasteiger partial charge in [0.15, 0.2) is 6.20 Å². The molecule has 5 aromatic carbocycles. The summed E-state index contributed by atoms with van der Waals surface area (Å²) in [5.41, 5.74) is 1.67. The number of aromatic nitrogens is 1. The van der Waals surface area contributed by atoms with Crippen molar-refractivity contribution in [1.82, 2.24) is 0 Å². The molecule has 0 unspecified atom stereocenters. The molecule has 0 saturated heterocycles. The van der Waals surface area contributed by atoms with E-state index in [1.807, 2.05) is 28.8 Å². The van der Waals surface area contributed by atoms with Crippen LogP contribution in [0.5, 0.6) is 0 Å². The molecule has 0 atom stereocenters. The van der Waals surface area contributed by atoms with E-state index in [0.717, 1.165) is 28.1 Å². The first-order valence-electron chi connectivity index (χ1n) is 9.40. The van der Waals surface area contributed by atoms with Gasteiger partial charge in [-0.3, -0.25) is 4.79 Å². The zero-order valence-corrected chi connectivity index (χ0v) is 17.1. The van der Waals surface area contributed by atoms with E-state index in [1.165, 1.54) is 26.9 Å². The first-order valence-corrected chi connectivity index (χ1v) is 9.40. The molecule has 0 aliphatic heterocycles. The van der Waals surface area contributed by atoms with Crippen LogP contribution in [-0.2, 0) is 0 Å². The quantitative estimate of drug-likeness (QED) is 0.232. The van der Waals surface area contributed by atoms with Crippen LogP contribution in [0.15, 0.2) is 91.1 Å². The van der Waals surface area contributed by atoms with Gasteiger partial charge in [0.25, 0.3) is 5.69 Å². The molecule has 0 amide bonds. The smallest absolute Gasteiger partial charge is 0.251 e. The van der Waals surface area contributed by atoms with Gasteiger partial charge in [0.05, 0.1) is 5.39 Å². The number of rotatable bonds is 2. The van der Waals surface area contributed by atoms with E-state index in [9.17, 15) is 4.79 Å². The monoisotopic (exact) mass is 437 g/mol. The van der Waals surface area contributed by atoms with E-state index in [0.29, 0.717) is 5.69 Å². The number of fused-ring (bicyclic) bond motifs is 1. The van der Waals surface area contributed by atoms with Gasteiger partial charge in [0, 0.05) is 22.9 Å². The molecule has 0 bridgehead atoms. The van der Waals surface area contributed by atoms with Gasteiger partial charge in [-0.05, 0) is 45.1 Å². The molecule has 6 aromatic rings. The molecule has 0 N–H and O–H groups in total. The Morgan fingerprint density at radius 2 is 1.24 bits per heavy atom. The molecule has 1 heterocycles. The highest BCUT2D eigenvalue weighted by molar-refractivity contribution is 6.24. The van der Waals surface area contributed by atoms with Gasteiger partial charge < -0.3 is 17.0 Å². The molecule has 0 fully saturated rings. The van der Waals surface area contributed by atoms with Crippen LogP contribution in [0.1, 0.15) is 10.5 Å². The second-order valence-electron chi connectivity index (χ2n) is 7.26. The van der Waals surface area contributed by atoms with Crippen LogP contribution in [-0.4, -0.2) is 6.29 Å². The maximum Gasteiger partial charge on any atom is 0.251 e. The van der Waals surface area contributed by atoms with Crippen LogP contribution >= 0.6 is 0 Å². The van der Waals surface area contributed by atoms with Crippen molar-refractivity contribution in [1.29, 1.82) is 0 Å². The van der Waals surface area contributed by atoms with Crippen molar-refractivity contribution in [2.45, 2.75) is 0 Å². The van der Waals surface area contributed by atoms with Crippen molar-refractivity contribution < 1.29 is 26.3 Å². The van der Waals surface area contributed by atoms with Gasteiger partial charge >= 0.3 is 0 Å². The predicted octanol–water partition coefficient (Wildman–Crippen LogP) is 2.83. The first-order chi connectivity index (χ1) is 13.8. The SMILES string of the molecule is O=Cc1cc2ccccc2c[n+]1-c1ccc2ccc3cccc4ccc1c2c34.[Br-]. The van der Waals surface area contributed by atoms with Crippen LogP contribution in [0, 0.1) is 0 Å². The Labute approximate surface area is 178 Å². The average Bonchev–Trinajstić information content (AvgIpc) is 2.76. The van der Waals surface area contributed by atoms with E-state index in [4.69, 9.17) is 0 Å². The molecule has 6 rings (SSSR count). The van der Waals surface area contributed by atoms with E-state index in [1.54, 1.807) is 0 Å². The van der Waals surface area contributed by atoms with E-state index in [-0.39, 0.29) is 17.0 Å². The van der Waals surface area contributed by atoms with Crippen molar-refractivity contribution in [3.05, 3.63) is 96.8 Å². The molecule has 2 nitrogen and oxygen atoms in total. The second-order valence-corrected chi connectivity index (χ2v) is 7.26. The number of pyridine rings is 1. The maximum absolute atomic E-state index is 11.9. The number of hydrogen-bond acceptors (Lipinski definition) is 1. The fourth-order valence-corrected chi connectivity index (χ4v) is 4.43. The molecular weight excluding hydrogens is 422 g/mol. The average molecular weight is 438 g/mol. The molecular formula is C26H16BrNO. The Kier molecular flexibility index (Phi) is 4.07. The summed E-state index contributed by atoms with van der Waals surface area (Å²) in [5, 5.41) is 9.58. The van der Waals surface area contributed by atoms with Gasteiger partial charge in [-0.25, -0.2) is 0 Å². The summed E-state index contributed by atoms with van der Waals surface area (Å²) in [6.07, 6.45) is 3.00. The molecule has 0 radical (unpaired) electrons. The van der Waals surface area contributed by atoms with Gasteiger partial charge in [0.1, 0.15) is 0 Å². The summed E-state index contributed by atoms with van der Waals surface area (Å²) in [4.78, 5) is 11.9. The Balaban J connectivity index is 0.00000181. The summed E-state index contributed by atoms with van der Waals surface area (Å²) in [5.74, 6) is 0. The topological polar surface area (TPSA) is 20.9 Å². The normalized spacial score (nSPS) is 11.3. The lowest BCUT2D eigenvalue weighted by atomic mass is 9.93. The molecule has 138 valence electrons. The predicted molar refractivity (Wildman–Crippen MR) is 115 cm³/mol. The Morgan fingerprint density at radius 3 is 2.00 bits per heavy atom. The molecule has 29 heavy (non-hydrogen) atoms. The first kappa shape index (κ1) is 17.8. The van der Waals surface area contributed by atoms with Crippen molar-refractivity contribution in [3.8, 4) is 5.69 Å². The van der Waals surface area contributed by atoms with Crippen molar-refractivity contribution >= 4 is 49.4 Å². The Bertz CT molecular complexity index is 1520. The van der Waals surface area contributed by atoms with Crippen LogP contribution < -0.4 is 21.5 Å². The number of carbonyl (C=O) groups excluding carboxylic acids is 1. The fourth-order valence-electron chi connectivity index (χ4n) is 4.43. The van der Waals surface area contributed by atoms with Gasteiger partial charge in [-0.1, -0.05) is 54.6 Å². The van der Waals surface area contributed by atoms with Gasteiger partial charge in [-0.2, -0.15) is 4.57 Å². The van der Waals surface area contributed by atoms with Gasteiger partial charge in [-0.15, -0.1) is 0 Å².